The lowest BCUT2D eigenvalue weighted by Crippen LogP contribution is -2.40. The van der Waals surface area contributed by atoms with Crippen LogP contribution in [0.3, 0.4) is 0 Å². The van der Waals surface area contributed by atoms with Crippen LogP contribution in [0.4, 0.5) is 5.69 Å². The summed E-state index contributed by atoms with van der Waals surface area (Å²) >= 11 is 0. The van der Waals surface area contributed by atoms with E-state index >= 15 is 0 Å². The lowest BCUT2D eigenvalue weighted by Gasteiger charge is -2.31. The third-order valence-corrected chi connectivity index (χ3v) is 5.78. The molecule has 5 heteroatoms. The Labute approximate surface area is 186 Å². The molecule has 5 nitrogen and oxygen atoms in total. The largest absolute Gasteiger partial charge is 0.347 e. The van der Waals surface area contributed by atoms with Gasteiger partial charge in [0.25, 0.3) is 11.8 Å². The average molecular weight is 422 g/mol. The summed E-state index contributed by atoms with van der Waals surface area (Å²) < 4.78 is 0. The Kier molecular flexibility index (Phi) is 7.50. The number of carbonyl (C=O) groups excluding carboxylic acids is 2. The van der Waals surface area contributed by atoms with Crippen LogP contribution in [0.2, 0.25) is 0 Å². The van der Waals surface area contributed by atoms with Crippen molar-refractivity contribution in [2.45, 2.75) is 71.0 Å². The van der Waals surface area contributed by atoms with Gasteiger partial charge in [-0.15, -0.1) is 0 Å². The van der Waals surface area contributed by atoms with Gasteiger partial charge in [0.1, 0.15) is 0 Å². The molecule has 1 fully saturated rings. The summed E-state index contributed by atoms with van der Waals surface area (Å²) in [5.74, 6) is -0.314. The molecule has 166 valence electrons. The number of hydrogen-bond donors (Lipinski definition) is 2. The molecule has 1 saturated carbocycles. The molecule has 0 aliphatic heterocycles. The first-order chi connectivity index (χ1) is 14.7. The highest BCUT2D eigenvalue weighted by Gasteiger charge is 2.20. The number of amides is 2. The van der Waals surface area contributed by atoms with Crippen molar-refractivity contribution in [1.82, 2.24) is 10.2 Å². The van der Waals surface area contributed by atoms with E-state index in [1.807, 2.05) is 39.0 Å². The maximum Gasteiger partial charge on any atom is 0.255 e. The molecule has 0 radical (unpaired) electrons. The molecule has 2 amide bonds. The Morgan fingerprint density at radius 3 is 2.10 bits per heavy atom. The number of para-hydroxylation sites is 1. The Balaban J connectivity index is 1.66. The van der Waals surface area contributed by atoms with Gasteiger partial charge in [0.05, 0.1) is 0 Å². The predicted octanol–water partition coefficient (Wildman–Crippen LogP) is 5.23. The lowest BCUT2D eigenvalue weighted by molar-refractivity contribution is 0.0918. The third kappa shape index (κ3) is 6.66. The highest BCUT2D eigenvalue weighted by Crippen LogP contribution is 2.25. The van der Waals surface area contributed by atoms with Crippen molar-refractivity contribution in [1.29, 1.82) is 0 Å². The number of rotatable bonds is 6. The van der Waals surface area contributed by atoms with Gasteiger partial charge in [-0.3, -0.25) is 14.5 Å². The monoisotopic (exact) mass is 421 g/mol. The van der Waals surface area contributed by atoms with E-state index in [0.717, 1.165) is 17.8 Å². The SMILES string of the molecule is CN(Cc1ccccc1NC(=O)c1ccc(C(=O)NC(C)(C)C)cc1)C1CCCCC1. The topological polar surface area (TPSA) is 61.4 Å². The van der Waals surface area contributed by atoms with Crippen molar-refractivity contribution in [2.75, 3.05) is 12.4 Å². The van der Waals surface area contributed by atoms with Gasteiger partial charge in [-0.1, -0.05) is 37.5 Å². The van der Waals surface area contributed by atoms with E-state index in [-0.39, 0.29) is 17.4 Å². The number of anilines is 1. The first-order valence-electron chi connectivity index (χ1n) is 11.2. The predicted molar refractivity (Wildman–Crippen MR) is 126 cm³/mol. The van der Waals surface area contributed by atoms with Crippen LogP contribution in [-0.4, -0.2) is 35.3 Å². The average Bonchev–Trinajstić information content (AvgIpc) is 2.74. The van der Waals surface area contributed by atoms with Crippen molar-refractivity contribution in [3.8, 4) is 0 Å². The molecule has 0 aromatic heterocycles. The highest BCUT2D eigenvalue weighted by atomic mass is 16.2. The van der Waals surface area contributed by atoms with Gasteiger partial charge in [-0.05, 0) is 76.6 Å². The maximum atomic E-state index is 12.8. The zero-order valence-electron chi connectivity index (χ0n) is 19.2. The fraction of sp³-hybridized carbons (Fsp3) is 0.462. The van der Waals surface area contributed by atoms with Crippen LogP contribution in [0.25, 0.3) is 0 Å². The second kappa shape index (κ2) is 10.1. The fourth-order valence-corrected chi connectivity index (χ4v) is 4.08. The molecule has 2 aromatic rings. The maximum absolute atomic E-state index is 12.8. The van der Waals surface area contributed by atoms with Crippen molar-refractivity contribution in [2.24, 2.45) is 0 Å². The summed E-state index contributed by atoms with van der Waals surface area (Å²) in [7, 11) is 2.18. The summed E-state index contributed by atoms with van der Waals surface area (Å²) in [6.07, 6.45) is 6.45. The van der Waals surface area contributed by atoms with Gasteiger partial charge in [-0.2, -0.15) is 0 Å². The first-order valence-corrected chi connectivity index (χ1v) is 11.2. The standard InChI is InChI=1S/C26H35N3O2/c1-26(2,3)28-25(31)20-16-14-19(15-17-20)24(30)27-23-13-9-8-10-21(23)18-29(4)22-11-6-5-7-12-22/h8-10,13-17,22H,5-7,11-12,18H2,1-4H3,(H,27,30)(H,28,31). The Bertz CT molecular complexity index is 894. The summed E-state index contributed by atoms with van der Waals surface area (Å²) in [5.41, 5.74) is 2.72. The van der Waals surface area contributed by atoms with Crippen LogP contribution in [0, 0.1) is 0 Å². The zero-order valence-corrected chi connectivity index (χ0v) is 19.2. The molecule has 0 atom stereocenters. The molecule has 0 saturated heterocycles. The van der Waals surface area contributed by atoms with Crippen LogP contribution in [0.1, 0.15) is 79.2 Å². The van der Waals surface area contributed by atoms with E-state index in [4.69, 9.17) is 0 Å². The van der Waals surface area contributed by atoms with Gasteiger partial charge < -0.3 is 10.6 Å². The van der Waals surface area contributed by atoms with Crippen LogP contribution in [0.15, 0.2) is 48.5 Å². The van der Waals surface area contributed by atoms with E-state index in [0.29, 0.717) is 17.2 Å². The highest BCUT2D eigenvalue weighted by molar-refractivity contribution is 6.05. The van der Waals surface area contributed by atoms with Crippen molar-refractivity contribution in [3.63, 3.8) is 0 Å². The second-order valence-electron chi connectivity index (χ2n) is 9.60. The number of benzene rings is 2. The molecule has 3 rings (SSSR count). The molecule has 0 unspecified atom stereocenters. The smallest absolute Gasteiger partial charge is 0.255 e. The third-order valence-electron chi connectivity index (χ3n) is 5.78. The van der Waals surface area contributed by atoms with E-state index in [9.17, 15) is 9.59 Å². The van der Waals surface area contributed by atoms with Gasteiger partial charge in [0.15, 0.2) is 0 Å². The van der Waals surface area contributed by atoms with Crippen molar-refractivity contribution in [3.05, 3.63) is 65.2 Å². The molecule has 2 N–H and O–H groups in total. The normalized spacial score (nSPS) is 15.0. The number of hydrogen-bond acceptors (Lipinski definition) is 3. The minimum absolute atomic E-state index is 0.143. The molecular formula is C26H35N3O2. The molecule has 0 heterocycles. The zero-order chi connectivity index (χ0) is 22.4. The minimum Gasteiger partial charge on any atom is -0.347 e. The van der Waals surface area contributed by atoms with Gasteiger partial charge in [0.2, 0.25) is 0 Å². The van der Waals surface area contributed by atoms with E-state index < -0.39 is 0 Å². The molecule has 1 aliphatic rings. The Morgan fingerprint density at radius 1 is 0.903 bits per heavy atom. The van der Waals surface area contributed by atoms with Crippen molar-refractivity contribution >= 4 is 17.5 Å². The number of nitrogens with zero attached hydrogens (tertiary/aromatic N) is 1. The number of nitrogens with one attached hydrogen (secondary N) is 2. The fourth-order valence-electron chi connectivity index (χ4n) is 4.08. The Hall–Kier alpha value is -2.66. The lowest BCUT2D eigenvalue weighted by atomic mass is 9.94. The first kappa shape index (κ1) is 23.0. The summed E-state index contributed by atoms with van der Waals surface area (Å²) in [4.78, 5) is 27.5. The molecule has 0 spiro atoms. The van der Waals surface area contributed by atoms with E-state index in [1.54, 1.807) is 24.3 Å². The molecule has 31 heavy (non-hydrogen) atoms. The van der Waals surface area contributed by atoms with Gasteiger partial charge in [0, 0.05) is 34.9 Å². The van der Waals surface area contributed by atoms with Crippen LogP contribution in [-0.2, 0) is 6.54 Å². The Morgan fingerprint density at radius 2 is 1.48 bits per heavy atom. The van der Waals surface area contributed by atoms with Gasteiger partial charge >= 0.3 is 0 Å². The van der Waals surface area contributed by atoms with E-state index in [2.05, 4.69) is 28.6 Å². The molecule has 0 bridgehead atoms. The quantitative estimate of drug-likeness (QED) is 0.671. The van der Waals surface area contributed by atoms with Crippen LogP contribution in [0.5, 0.6) is 0 Å². The summed E-state index contributed by atoms with van der Waals surface area (Å²) in [6.45, 7) is 6.63. The van der Waals surface area contributed by atoms with Crippen LogP contribution < -0.4 is 10.6 Å². The number of carbonyl (C=O) groups is 2. The minimum atomic E-state index is -0.304. The molecular weight excluding hydrogens is 386 g/mol. The molecule has 1 aliphatic carbocycles. The van der Waals surface area contributed by atoms with E-state index in [1.165, 1.54) is 32.1 Å². The van der Waals surface area contributed by atoms with Gasteiger partial charge in [-0.25, -0.2) is 0 Å². The van der Waals surface area contributed by atoms with Crippen molar-refractivity contribution < 1.29 is 9.59 Å². The molecule has 2 aromatic carbocycles. The second-order valence-corrected chi connectivity index (χ2v) is 9.60. The summed E-state index contributed by atoms with van der Waals surface area (Å²) in [6, 6.07) is 15.4. The summed E-state index contributed by atoms with van der Waals surface area (Å²) in [5, 5.41) is 5.99. The van der Waals surface area contributed by atoms with Crippen LogP contribution >= 0.6 is 0 Å².